The number of aliphatic hydroxyl groups excluding tert-OH is 1. The number of furan rings is 1. The van der Waals surface area contributed by atoms with E-state index in [1.807, 2.05) is 0 Å². The van der Waals surface area contributed by atoms with Crippen molar-refractivity contribution in [3.63, 3.8) is 0 Å². The molecule has 2 amide bonds. The standard InChI is InChI=1S/C18H21FN2O3/c1-21(11-16(22)12-6-7-12)18(23)20-10-13-8-9-17(24-13)14-4-2-3-5-15(14)19/h2-5,8-9,12,16,22H,6-7,10-11H2,1H3,(H,20,23). The Morgan fingerprint density at radius 1 is 1.38 bits per heavy atom. The second kappa shape index (κ2) is 7.05. The molecule has 6 heteroatoms. The van der Waals surface area contributed by atoms with E-state index in [0.717, 1.165) is 12.8 Å². The van der Waals surface area contributed by atoms with Gasteiger partial charge in [-0.25, -0.2) is 9.18 Å². The summed E-state index contributed by atoms with van der Waals surface area (Å²) in [6, 6.07) is 9.49. The van der Waals surface area contributed by atoms with Gasteiger partial charge < -0.3 is 19.7 Å². The largest absolute Gasteiger partial charge is 0.459 e. The van der Waals surface area contributed by atoms with Crippen molar-refractivity contribution < 1.29 is 18.7 Å². The highest BCUT2D eigenvalue weighted by Gasteiger charge is 2.31. The maximum atomic E-state index is 13.7. The van der Waals surface area contributed by atoms with Crippen molar-refractivity contribution in [2.75, 3.05) is 13.6 Å². The molecule has 1 aromatic heterocycles. The Bertz CT molecular complexity index is 712. The molecular formula is C18H21FN2O3. The summed E-state index contributed by atoms with van der Waals surface area (Å²) in [5, 5.41) is 12.6. The van der Waals surface area contributed by atoms with E-state index in [4.69, 9.17) is 4.42 Å². The van der Waals surface area contributed by atoms with Crippen LogP contribution in [0.5, 0.6) is 0 Å². The van der Waals surface area contributed by atoms with Crippen molar-refractivity contribution >= 4 is 6.03 Å². The summed E-state index contributed by atoms with van der Waals surface area (Å²) in [6.45, 7) is 0.520. The summed E-state index contributed by atoms with van der Waals surface area (Å²) in [5.41, 5.74) is 0.389. The fourth-order valence-electron chi connectivity index (χ4n) is 2.57. The lowest BCUT2D eigenvalue weighted by atomic mass is 10.1. The summed E-state index contributed by atoms with van der Waals surface area (Å²) in [6.07, 6.45) is 1.60. The summed E-state index contributed by atoms with van der Waals surface area (Å²) in [7, 11) is 1.65. The van der Waals surface area contributed by atoms with E-state index in [9.17, 15) is 14.3 Å². The zero-order chi connectivity index (χ0) is 17.1. The second-order valence-electron chi connectivity index (χ2n) is 6.19. The molecule has 0 spiro atoms. The molecule has 1 aliphatic carbocycles. The van der Waals surface area contributed by atoms with Gasteiger partial charge in [-0.2, -0.15) is 0 Å². The monoisotopic (exact) mass is 332 g/mol. The maximum Gasteiger partial charge on any atom is 0.317 e. The molecule has 1 heterocycles. The third-order valence-corrected chi connectivity index (χ3v) is 4.19. The molecule has 1 aromatic carbocycles. The Labute approximate surface area is 140 Å². The van der Waals surface area contributed by atoms with E-state index in [1.54, 1.807) is 37.4 Å². The van der Waals surface area contributed by atoms with Gasteiger partial charge in [0.15, 0.2) is 0 Å². The quantitative estimate of drug-likeness (QED) is 0.855. The highest BCUT2D eigenvalue weighted by molar-refractivity contribution is 5.73. The van der Waals surface area contributed by atoms with E-state index in [0.29, 0.717) is 29.5 Å². The Balaban J connectivity index is 1.53. The van der Waals surface area contributed by atoms with Crippen LogP contribution in [0, 0.1) is 11.7 Å². The van der Waals surface area contributed by atoms with E-state index in [-0.39, 0.29) is 18.4 Å². The van der Waals surface area contributed by atoms with Crippen molar-refractivity contribution in [2.24, 2.45) is 5.92 Å². The summed E-state index contributed by atoms with van der Waals surface area (Å²) in [5.74, 6) is 0.942. The molecule has 0 saturated heterocycles. The van der Waals surface area contributed by atoms with Gasteiger partial charge in [0.2, 0.25) is 0 Å². The first-order chi connectivity index (χ1) is 11.5. The van der Waals surface area contributed by atoms with Crippen LogP contribution in [0.25, 0.3) is 11.3 Å². The van der Waals surface area contributed by atoms with E-state index in [2.05, 4.69) is 5.32 Å². The number of carbonyl (C=O) groups excluding carboxylic acids is 1. The number of urea groups is 1. The predicted octanol–water partition coefficient (Wildman–Crippen LogP) is 3.00. The average molecular weight is 332 g/mol. The van der Waals surface area contributed by atoms with Gasteiger partial charge in [0.05, 0.1) is 18.2 Å². The van der Waals surface area contributed by atoms with Crippen molar-refractivity contribution in [3.05, 3.63) is 48.0 Å². The lowest BCUT2D eigenvalue weighted by molar-refractivity contribution is 0.113. The first-order valence-corrected chi connectivity index (χ1v) is 8.05. The Kier molecular flexibility index (Phi) is 4.85. The van der Waals surface area contributed by atoms with Crippen molar-refractivity contribution in [1.29, 1.82) is 0 Å². The van der Waals surface area contributed by atoms with Crippen molar-refractivity contribution in [1.82, 2.24) is 10.2 Å². The highest BCUT2D eigenvalue weighted by Crippen LogP contribution is 2.32. The molecule has 1 unspecified atom stereocenters. The molecule has 24 heavy (non-hydrogen) atoms. The summed E-state index contributed by atoms with van der Waals surface area (Å²) < 4.78 is 19.3. The number of rotatable bonds is 6. The van der Waals surface area contributed by atoms with Gasteiger partial charge >= 0.3 is 6.03 Å². The van der Waals surface area contributed by atoms with Gasteiger partial charge in [0.1, 0.15) is 17.3 Å². The SMILES string of the molecule is CN(CC(O)C1CC1)C(=O)NCc1ccc(-c2ccccc2F)o1. The predicted molar refractivity (Wildman–Crippen MR) is 87.7 cm³/mol. The van der Waals surface area contributed by atoms with Gasteiger partial charge in [-0.3, -0.25) is 0 Å². The summed E-state index contributed by atoms with van der Waals surface area (Å²) in [4.78, 5) is 13.5. The first-order valence-electron chi connectivity index (χ1n) is 8.05. The second-order valence-corrected chi connectivity index (χ2v) is 6.19. The lowest BCUT2D eigenvalue weighted by Crippen LogP contribution is -2.41. The van der Waals surface area contributed by atoms with Crippen LogP contribution in [0.1, 0.15) is 18.6 Å². The zero-order valence-electron chi connectivity index (χ0n) is 13.5. The molecule has 5 nitrogen and oxygen atoms in total. The highest BCUT2D eigenvalue weighted by atomic mass is 19.1. The fraction of sp³-hybridized carbons (Fsp3) is 0.389. The third-order valence-electron chi connectivity index (χ3n) is 4.19. The maximum absolute atomic E-state index is 13.7. The van der Waals surface area contributed by atoms with Crippen LogP contribution in [0.3, 0.4) is 0 Å². The van der Waals surface area contributed by atoms with Crippen molar-refractivity contribution in [3.8, 4) is 11.3 Å². The number of hydrogen-bond acceptors (Lipinski definition) is 3. The van der Waals surface area contributed by atoms with Crippen LogP contribution in [0.15, 0.2) is 40.8 Å². The number of benzene rings is 1. The minimum absolute atomic E-state index is 0.206. The van der Waals surface area contributed by atoms with Gasteiger partial charge in [0.25, 0.3) is 0 Å². The minimum Gasteiger partial charge on any atom is -0.459 e. The molecule has 0 bridgehead atoms. The molecule has 1 fully saturated rings. The Morgan fingerprint density at radius 3 is 2.83 bits per heavy atom. The number of halogens is 1. The van der Waals surface area contributed by atoms with Crippen LogP contribution >= 0.6 is 0 Å². The van der Waals surface area contributed by atoms with Crippen LogP contribution in [0.4, 0.5) is 9.18 Å². The van der Waals surface area contributed by atoms with Crippen LogP contribution in [0.2, 0.25) is 0 Å². The van der Waals surface area contributed by atoms with Gasteiger partial charge in [0, 0.05) is 13.6 Å². The number of aliphatic hydroxyl groups is 1. The smallest absolute Gasteiger partial charge is 0.317 e. The molecule has 3 rings (SSSR count). The average Bonchev–Trinajstić information content (AvgIpc) is 3.32. The van der Waals surface area contributed by atoms with E-state index in [1.165, 1.54) is 11.0 Å². The normalized spacial score (nSPS) is 15.1. The number of carbonyl (C=O) groups is 1. The molecule has 1 saturated carbocycles. The number of amides is 2. The van der Waals surface area contributed by atoms with Gasteiger partial charge in [-0.05, 0) is 43.0 Å². The molecule has 2 aromatic rings. The van der Waals surface area contributed by atoms with Crippen LogP contribution < -0.4 is 5.32 Å². The molecule has 128 valence electrons. The molecule has 1 atom stereocenters. The molecule has 0 radical (unpaired) electrons. The third kappa shape index (κ3) is 3.94. The topological polar surface area (TPSA) is 65.7 Å². The Hall–Kier alpha value is -2.34. The van der Waals surface area contributed by atoms with Crippen LogP contribution in [-0.2, 0) is 6.54 Å². The number of likely N-dealkylation sites (N-methyl/N-ethyl adjacent to an activating group) is 1. The van der Waals surface area contributed by atoms with Gasteiger partial charge in [-0.1, -0.05) is 12.1 Å². The molecular weight excluding hydrogens is 311 g/mol. The lowest BCUT2D eigenvalue weighted by Gasteiger charge is -2.20. The minimum atomic E-state index is -0.461. The molecule has 0 aliphatic heterocycles. The number of hydrogen-bond donors (Lipinski definition) is 2. The van der Waals surface area contributed by atoms with Crippen molar-refractivity contribution in [2.45, 2.75) is 25.5 Å². The first kappa shape index (κ1) is 16.5. The molecule has 2 N–H and O–H groups in total. The number of nitrogens with zero attached hydrogens (tertiary/aromatic N) is 1. The fourth-order valence-corrected chi connectivity index (χ4v) is 2.57. The van der Waals surface area contributed by atoms with Crippen LogP contribution in [-0.4, -0.2) is 35.7 Å². The number of nitrogens with one attached hydrogen (secondary N) is 1. The summed E-state index contributed by atoms with van der Waals surface area (Å²) >= 11 is 0. The Morgan fingerprint density at radius 2 is 2.12 bits per heavy atom. The zero-order valence-corrected chi connectivity index (χ0v) is 13.5. The van der Waals surface area contributed by atoms with E-state index >= 15 is 0 Å². The van der Waals surface area contributed by atoms with E-state index < -0.39 is 6.10 Å². The molecule has 1 aliphatic rings. The van der Waals surface area contributed by atoms with Gasteiger partial charge in [-0.15, -0.1) is 0 Å².